The van der Waals surface area contributed by atoms with Crippen LogP contribution in [0.2, 0.25) is 5.02 Å². The molecule has 0 amide bonds. The van der Waals surface area contributed by atoms with Crippen LogP contribution in [-0.2, 0) is 6.42 Å². The smallest absolute Gasteiger partial charge is 0.175 e. The Kier molecular flexibility index (Phi) is 4.17. The van der Waals surface area contributed by atoms with Gasteiger partial charge in [-0.3, -0.25) is 9.59 Å². The molecule has 3 heteroatoms. The summed E-state index contributed by atoms with van der Waals surface area (Å²) in [6.07, 6.45) is 1.86. The van der Waals surface area contributed by atoms with Gasteiger partial charge in [-0.1, -0.05) is 72.3 Å². The average Bonchev–Trinajstić information content (AvgIpc) is 2.98. The number of rotatable bonds is 2. The van der Waals surface area contributed by atoms with Crippen molar-refractivity contribution in [1.82, 2.24) is 0 Å². The molecule has 2 atom stereocenters. The van der Waals surface area contributed by atoms with E-state index >= 15 is 0 Å². The van der Waals surface area contributed by atoms with Crippen molar-refractivity contribution in [3.63, 3.8) is 0 Å². The van der Waals surface area contributed by atoms with E-state index in [9.17, 15) is 9.59 Å². The normalized spacial score (nSPS) is 21.5. The van der Waals surface area contributed by atoms with Crippen LogP contribution in [0.1, 0.15) is 55.7 Å². The van der Waals surface area contributed by atoms with Gasteiger partial charge in [-0.05, 0) is 47.6 Å². The van der Waals surface area contributed by atoms with Gasteiger partial charge in [0, 0.05) is 22.1 Å². The Balaban J connectivity index is 1.66. The summed E-state index contributed by atoms with van der Waals surface area (Å²) >= 11 is 6.09. The molecule has 0 saturated carbocycles. The van der Waals surface area contributed by atoms with Gasteiger partial charge in [0.15, 0.2) is 11.6 Å². The summed E-state index contributed by atoms with van der Waals surface area (Å²) in [6, 6.07) is 23.3. The minimum atomic E-state index is -0.653. The summed E-state index contributed by atoms with van der Waals surface area (Å²) in [5.41, 5.74) is 4.65. The zero-order chi connectivity index (χ0) is 19.3. The standard InChI is InChI=1S/C25H19ClO2/c26-17-12-9-16(10-13-17)19-14-11-15-5-1-2-6-18(15)22(19)23-24(27)20-7-3-4-8-21(20)25(23)28/h1-10,12-13,19,22-23H,11,14H2/t19-,22+/m1/s1. The summed E-state index contributed by atoms with van der Waals surface area (Å²) in [7, 11) is 0. The molecule has 5 rings (SSSR count). The van der Waals surface area contributed by atoms with Crippen molar-refractivity contribution in [1.29, 1.82) is 0 Å². The minimum Gasteiger partial charge on any atom is -0.293 e. The Labute approximate surface area is 169 Å². The predicted octanol–water partition coefficient (Wildman–Crippen LogP) is 5.85. The van der Waals surface area contributed by atoms with E-state index in [1.54, 1.807) is 12.1 Å². The van der Waals surface area contributed by atoms with E-state index in [1.165, 1.54) is 5.56 Å². The van der Waals surface area contributed by atoms with Crippen LogP contribution in [0.15, 0.2) is 72.8 Å². The van der Waals surface area contributed by atoms with Crippen LogP contribution in [-0.4, -0.2) is 11.6 Å². The Hall–Kier alpha value is -2.71. The number of fused-ring (bicyclic) bond motifs is 2. The molecule has 138 valence electrons. The molecule has 0 bridgehead atoms. The van der Waals surface area contributed by atoms with Crippen molar-refractivity contribution >= 4 is 23.2 Å². The van der Waals surface area contributed by atoms with Gasteiger partial charge < -0.3 is 0 Å². The van der Waals surface area contributed by atoms with E-state index in [0.29, 0.717) is 16.1 Å². The number of hydrogen-bond donors (Lipinski definition) is 0. The van der Waals surface area contributed by atoms with Crippen LogP contribution in [0.3, 0.4) is 0 Å². The van der Waals surface area contributed by atoms with Gasteiger partial charge in [0.1, 0.15) is 0 Å². The first-order valence-electron chi connectivity index (χ1n) is 9.66. The number of carbonyl (C=O) groups excluding carboxylic acids is 2. The summed E-state index contributed by atoms with van der Waals surface area (Å²) in [6.45, 7) is 0. The number of Topliss-reactive ketones (excluding diaryl/α,β-unsaturated/α-hetero) is 2. The minimum absolute atomic E-state index is 0.0405. The van der Waals surface area contributed by atoms with E-state index in [0.717, 1.165) is 24.0 Å². The fourth-order valence-corrected chi connectivity index (χ4v) is 5.11. The van der Waals surface area contributed by atoms with Crippen LogP contribution in [0.5, 0.6) is 0 Å². The highest BCUT2D eigenvalue weighted by atomic mass is 35.5. The Bertz CT molecular complexity index is 1050. The van der Waals surface area contributed by atoms with Crippen LogP contribution in [0.25, 0.3) is 0 Å². The topological polar surface area (TPSA) is 34.1 Å². The molecule has 3 aromatic rings. The molecule has 2 aliphatic rings. The van der Waals surface area contributed by atoms with Gasteiger partial charge >= 0.3 is 0 Å². The fourth-order valence-electron chi connectivity index (χ4n) is 4.98. The second-order valence-corrected chi connectivity index (χ2v) is 8.11. The first-order valence-corrected chi connectivity index (χ1v) is 10.0. The molecule has 0 radical (unpaired) electrons. The van der Waals surface area contributed by atoms with Crippen molar-refractivity contribution in [2.24, 2.45) is 5.92 Å². The van der Waals surface area contributed by atoms with Gasteiger partial charge in [0.05, 0.1) is 5.92 Å². The second-order valence-electron chi connectivity index (χ2n) is 7.67. The van der Waals surface area contributed by atoms with Crippen molar-refractivity contribution in [2.75, 3.05) is 0 Å². The van der Waals surface area contributed by atoms with Crippen LogP contribution < -0.4 is 0 Å². The average molecular weight is 387 g/mol. The van der Waals surface area contributed by atoms with E-state index in [-0.39, 0.29) is 23.4 Å². The Morgan fingerprint density at radius 1 is 0.750 bits per heavy atom. The lowest BCUT2D eigenvalue weighted by Crippen LogP contribution is -2.32. The Morgan fingerprint density at radius 3 is 2.04 bits per heavy atom. The molecule has 0 N–H and O–H groups in total. The molecule has 3 aromatic carbocycles. The number of halogens is 1. The van der Waals surface area contributed by atoms with Gasteiger partial charge in [0.2, 0.25) is 0 Å². The van der Waals surface area contributed by atoms with E-state index < -0.39 is 5.92 Å². The molecule has 28 heavy (non-hydrogen) atoms. The third-order valence-corrected chi connectivity index (χ3v) is 6.50. The molecule has 0 spiro atoms. The summed E-state index contributed by atoms with van der Waals surface area (Å²) in [5.74, 6) is -0.778. The van der Waals surface area contributed by atoms with E-state index in [2.05, 4.69) is 12.1 Å². The first-order chi connectivity index (χ1) is 13.6. The van der Waals surface area contributed by atoms with Crippen LogP contribution in [0, 0.1) is 5.92 Å². The monoisotopic (exact) mass is 386 g/mol. The van der Waals surface area contributed by atoms with Crippen molar-refractivity contribution in [2.45, 2.75) is 24.7 Å². The molecular formula is C25H19ClO2. The Morgan fingerprint density at radius 2 is 1.36 bits per heavy atom. The largest absolute Gasteiger partial charge is 0.293 e. The highest BCUT2D eigenvalue weighted by Crippen LogP contribution is 2.50. The van der Waals surface area contributed by atoms with E-state index in [1.807, 2.05) is 48.5 Å². The zero-order valence-corrected chi connectivity index (χ0v) is 16.0. The van der Waals surface area contributed by atoms with E-state index in [4.69, 9.17) is 11.6 Å². The fraction of sp³-hybridized carbons (Fsp3) is 0.200. The van der Waals surface area contributed by atoms with Gasteiger partial charge in [-0.15, -0.1) is 0 Å². The van der Waals surface area contributed by atoms with Crippen molar-refractivity contribution in [3.8, 4) is 0 Å². The van der Waals surface area contributed by atoms with Crippen LogP contribution in [0.4, 0.5) is 0 Å². The zero-order valence-electron chi connectivity index (χ0n) is 15.3. The van der Waals surface area contributed by atoms with Gasteiger partial charge in [0.25, 0.3) is 0 Å². The SMILES string of the molecule is O=C1c2ccccc2C(=O)C1[C@H]1c2ccccc2CC[C@@H]1c1ccc(Cl)cc1. The molecule has 0 heterocycles. The predicted molar refractivity (Wildman–Crippen MR) is 110 cm³/mol. The number of benzene rings is 3. The summed E-state index contributed by atoms with van der Waals surface area (Å²) < 4.78 is 0. The quantitative estimate of drug-likeness (QED) is 0.518. The lowest BCUT2D eigenvalue weighted by Gasteiger charge is -2.36. The van der Waals surface area contributed by atoms with Crippen molar-refractivity contribution < 1.29 is 9.59 Å². The maximum absolute atomic E-state index is 13.3. The maximum Gasteiger partial charge on any atom is 0.175 e. The third-order valence-electron chi connectivity index (χ3n) is 6.25. The number of ketones is 2. The highest BCUT2D eigenvalue weighted by molar-refractivity contribution is 6.30. The lowest BCUT2D eigenvalue weighted by molar-refractivity contribution is 0.0800. The van der Waals surface area contributed by atoms with Crippen LogP contribution >= 0.6 is 11.6 Å². The molecule has 0 unspecified atom stereocenters. The highest BCUT2D eigenvalue weighted by Gasteiger charge is 2.48. The molecule has 0 aliphatic heterocycles. The maximum atomic E-state index is 13.3. The number of carbonyl (C=O) groups is 2. The summed E-state index contributed by atoms with van der Waals surface area (Å²) in [4.78, 5) is 26.6. The number of aryl methyl sites for hydroxylation is 1. The lowest BCUT2D eigenvalue weighted by atomic mass is 9.66. The van der Waals surface area contributed by atoms with Gasteiger partial charge in [-0.2, -0.15) is 0 Å². The number of hydrogen-bond acceptors (Lipinski definition) is 2. The molecule has 0 aromatic heterocycles. The van der Waals surface area contributed by atoms with Gasteiger partial charge in [-0.25, -0.2) is 0 Å². The molecular weight excluding hydrogens is 368 g/mol. The summed E-state index contributed by atoms with van der Waals surface area (Å²) in [5, 5.41) is 0.692. The molecule has 0 fully saturated rings. The second kappa shape index (κ2) is 6.72. The molecule has 0 saturated heterocycles. The van der Waals surface area contributed by atoms with Crippen molar-refractivity contribution in [3.05, 3.63) is 106 Å². The molecule has 2 nitrogen and oxygen atoms in total. The molecule has 2 aliphatic carbocycles. The third kappa shape index (κ3) is 2.63. The first kappa shape index (κ1) is 17.4.